The highest BCUT2D eigenvalue weighted by atomic mass is 32.2. The summed E-state index contributed by atoms with van der Waals surface area (Å²) in [7, 11) is -3.90. The Bertz CT molecular complexity index is 628. The molecule has 2 rings (SSSR count). The van der Waals surface area contributed by atoms with E-state index in [0.717, 1.165) is 25.3 Å². The quantitative estimate of drug-likeness (QED) is 0.795. The molecule has 0 aliphatic carbocycles. The predicted molar refractivity (Wildman–Crippen MR) is 81.1 cm³/mol. The van der Waals surface area contributed by atoms with Crippen molar-refractivity contribution >= 4 is 27.2 Å². The second kappa shape index (κ2) is 6.78. The summed E-state index contributed by atoms with van der Waals surface area (Å²) in [5, 5.41) is 0. The van der Waals surface area contributed by atoms with E-state index in [2.05, 4.69) is 4.72 Å². The van der Waals surface area contributed by atoms with E-state index in [9.17, 15) is 12.8 Å². The molecule has 1 atom stereocenters. The number of benzene rings is 1. The number of sulfonamides is 1. The van der Waals surface area contributed by atoms with E-state index in [0.29, 0.717) is 6.61 Å². The third-order valence-corrected chi connectivity index (χ3v) is 4.96. The van der Waals surface area contributed by atoms with Gasteiger partial charge in [-0.05, 0) is 31.4 Å². The summed E-state index contributed by atoms with van der Waals surface area (Å²) in [6.45, 7) is 0.778. The summed E-state index contributed by atoms with van der Waals surface area (Å²) in [4.78, 5) is -0.534. The largest absolute Gasteiger partial charge is 0.389 e. The number of ether oxygens (including phenoxy) is 1. The molecule has 1 fully saturated rings. The first-order chi connectivity index (χ1) is 9.92. The summed E-state index contributed by atoms with van der Waals surface area (Å²) in [6, 6.07) is 3.71. The number of rotatable bonds is 5. The van der Waals surface area contributed by atoms with Gasteiger partial charge in [0.25, 0.3) is 0 Å². The molecule has 1 unspecified atom stereocenters. The van der Waals surface area contributed by atoms with E-state index in [1.54, 1.807) is 0 Å². The number of halogens is 1. The molecular weight excluding hydrogens is 315 g/mol. The summed E-state index contributed by atoms with van der Waals surface area (Å²) < 4.78 is 46.2. The molecule has 5 nitrogen and oxygen atoms in total. The van der Waals surface area contributed by atoms with Gasteiger partial charge in [0.15, 0.2) is 0 Å². The number of thiocarbonyl (C=S) groups is 1. The second-order valence-corrected chi connectivity index (χ2v) is 6.99. The number of nitrogens with one attached hydrogen (secondary N) is 1. The van der Waals surface area contributed by atoms with Gasteiger partial charge in [-0.25, -0.2) is 17.5 Å². The van der Waals surface area contributed by atoms with Crippen LogP contribution in [0.1, 0.15) is 24.8 Å². The van der Waals surface area contributed by atoms with Crippen LogP contribution < -0.4 is 10.5 Å². The molecule has 1 aliphatic heterocycles. The summed E-state index contributed by atoms with van der Waals surface area (Å²) >= 11 is 4.74. The Kier molecular flexibility index (Phi) is 5.26. The molecular formula is C13H17FN2O3S2. The van der Waals surface area contributed by atoms with Crippen LogP contribution >= 0.6 is 12.2 Å². The van der Waals surface area contributed by atoms with Crippen molar-refractivity contribution in [2.24, 2.45) is 5.73 Å². The van der Waals surface area contributed by atoms with E-state index < -0.39 is 15.8 Å². The van der Waals surface area contributed by atoms with Crippen LogP contribution in [-0.2, 0) is 14.8 Å². The van der Waals surface area contributed by atoms with Crippen LogP contribution in [0.5, 0.6) is 0 Å². The van der Waals surface area contributed by atoms with Crippen molar-refractivity contribution in [3.63, 3.8) is 0 Å². The highest BCUT2D eigenvalue weighted by Crippen LogP contribution is 2.19. The zero-order valence-electron chi connectivity index (χ0n) is 11.3. The van der Waals surface area contributed by atoms with Gasteiger partial charge in [-0.1, -0.05) is 18.3 Å². The van der Waals surface area contributed by atoms with Crippen molar-refractivity contribution in [2.45, 2.75) is 30.3 Å². The molecule has 21 heavy (non-hydrogen) atoms. The molecule has 1 saturated heterocycles. The summed E-state index contributed by atoms with van der Waals surface area (Å²) in [6.07, 6.45) is 2.63. The van der Waals surface area contributed by atoms with Gasteiger partial charge in [0.05, 0.1) is 16.6 Å². The van der Waals surface area contributed by atoms with Gasteiger partial charge in [0, 0.05) is 13.2 Å². The van der Waals surface area contributed by atoms with Gasteiger partial charge in [-0.3, -0.25) is 0 Å². The van der Waals surface area contributed by atoms with E-state index in [4.69, 9.17) is 22.7 Å². The van der Waals surface area contributed by atoms with E-state index in [1.807, 2.05) is 0 Å². The second-order valence-electron chi connectivity index (χ2n) is 4.82. The minimum atomic E-state index is -3.90. The van der Waals surface area contributed by atoms with Gasteiger partial charge >= 0.3 is 0 Å². The Hall–Kier alpha value is -1.09. The van der Waals surface area contributed by atoms with Crippen LogP contribution in [-0.4, -0.2) is 32.7 Å². The lowest BCUT2D eigenvalue weighted by Crippen LogP contribution is -2.36. The Morgan fingerprint density at radius 2 is 2.24 bits per heavy atom. The molecule has 3 N–H and O–H groups in total. The third kappa shape index (κ3) is 3.97. The Morgan fingerprint density at radius 3 is 2.86 bits per heavy atom. The SMILES string of the molecule is NC(=S)c1c(F)cccc1S(=O)(=O)NCC1CCCCO1. The normalized spacial score (nSPS) is 19.4. The molecule has 1 heterocycles. The van der Waals surface area contributed by atoms with Gasteiger partial charge in [-0.2, -0.15) is 0 Å². The zero-order chi connectivity index (χ0) is 15.5. The van der Waals surface area contributed by atoms with Crippen molar-refractivity contribution in [1.29, 1.82) is 0 Å². The lowest BCUT2D eigenvalue weighted by molar-refractivity contribution is 0.0200. The van der Waals surface area contributed by atoms with Gasteiger partial charge in [0.1, 0.15) is 10.8 Å². The lowest BCUT2D eigenvalue weighted by atomic mass is 10.1. The van der Waals surface area contributed by atoms with Crippen LogP contribution in [0.15, 0.2) is 23.1 Å². The molecule has 116 valence electrons. The molecule has 0 radical (unpaired) electrons. The van der Waals surface area contributed by atoms with Gasteiger partial charge in [0.2, 0.25) is 10.0 Å². The van der Waals surface area contributed by atoms with Crippen molar-refractivity contribution in [1.82, 2.24) is 4.72 Å². The fourth-order valence-corrected chi connectivity index (χ4v) is 3.78. The first kappa shape index (κ1) is 16.3. The zero-order valence-corrected chi connectivity index (χ0v) is 13.0. The highest BCUT2D eigenvalue weighted by Gasteiger charge is 2.24. The maximum absolute atomic E-state index is 13.7. The standard InChI is InChI=1S/C13H17FN2O3S2/c14-10-5-3-6-11(12(10)13(15)20)21(17,18)16-8-9-4-1-2-7-19-9/h3,5-6,9,16H,1-2,4,7-8H2,(H2,15,20). The van der Waals surface area contributed by atoms with Crippen molar-refractivity contribution in [3.05, 3.63) is 29.6 Å². The Labute approximate surface area is 128 Å². The molecule has 8 heteroatoms. The van der Waals surface area contributed by atoms with Gasteiger partial charge in [-0.15, -0.1) is 0 Å². The monoisotopic (exact) mass is 332 g/mol. The maximum Gasteiger partial charge on any atom is 0.241 e. The van der Waals surface area contributed by atoms with Crippen molar-refractivity contribution < 1.29 is 17.5 Å². The van der Waals surface area contributed by atoms with Crippen LogP contribution in [0, 0.1) is 5.82 Å². The number of hydrogen-bond donors (Lipinski definition) is 2. The van der Waals surface area contributed by atoms with Crippen LogP contribution in [0.25, 0.3) is 0 Å². The van der Waals surface area contributed by atoms with Crippen LogP contribution in [0.2, 0.25) is 0 Å². The Morgan fingerprint density at radius 1 is 1.48 bits per heavy atom. The van der Waals surface area contributed by atoms with Crippen LogP contribution in [0.4, 0.5) is 4.39 Å². The lowest BCUT2D eigenvalue weighted by Gasteiger charge is -2.23. The smallest absolute Gasteiger partial charge is 0.241 e. The first-order valence-corrected chi connectivity index (χ1v) is 8.50. The van der Waals surface area contributed by atoms with Gasteiger partial charge < -0.3 is 10.5 Å². The average Bonchev–Trinajstić information content (AvgIpc) is 2.46. The fraction of sp³-hybridized carbons (Fsp3) is 0.462. The number of hydrogen-bond acceptors (Lipinski definition) is 4. The topological polar surface area (TPSA) is 81.4 Å². The average molecular weight is 332 g/mol. The molecule has 0 spiro atoms. The summed E-state index contributed by atoms with van der Waals surface area (Å²) in [5.74, 6) is -0.751. The van der Waals surface area contributed by atoms with E-state index in [1.165, 1.54) is 12.1 Å². The molecule has 0 bridgehead atoms. The first-order valence-electron chi connectivity index (χ1n) is 6.61. The number of nitrogens with two attached hydrogens (primary N) is 1. The molecule has 0 aromatic heterocycles. The summed E-state index contributed by atoms with van der Waals surface area (Å²) in [5.41, 5.74) is 5.17. The molecule has 1 aromatic carbocycles. The molecule has 0 saturated carbocycles. The van der Waals surface area contributed by atoms with E-state index >= 15 is 0 Å². The van der Waals surface area contributed by atoms with E-state index in [-0.39, 0.29) is 28.1 Å². The molecule has 1 aliphatic rings. The maximum atomic E-state index is 13.7. The predicted octanol–water partition coefficient (Wildman–Crippen LogP) is 1.31. The molecule has 1 aromatic rings. The third-order valence-electron chi connectivity index (χ3n) is 3.29. The van der Waals surface area contributed by atoms with Crippen LogP contribution in [0.3, 0.4) is 0 Å². The minimum Gasteiger partial charge on any atom is -0.389 e. The van der Waals surface area contributed by atoms with Crippen molar-refractivity contribution in [3.8, 4) is 0 Å². The van der Waals surface area contributed by atoms with Crippen molar-refractivity contribution in [2.75, 3.05) is 13.2 Å². The fourth-order valence-electron chi connectivity index (χ4n) is 2.22. The Balaban J connectivity index is 2.19. The highest BCUT2D eigenvalue weighted by molar-refractivity contribution is 7.89. The minimum absolute atomic E-state index is 0.148. The molecule has 0 amide bonds.